The minimum atomic E-state index is -0.211. The highest BCUT2D eigenvalue weighted by molar-refractivity contribution is 5.63. The highest BCUT2D eigenvalue weighted by Gasteiger charge is 2.20. The van der Waals surface area contributed by atoms with Crippen LogP contribution >= 0.6 is 0 Å². The van der Waals surface area contributed by atoms with Crippen LogP contribution in [-0.2, 0) is 0 Å². The number of nitrogens with two attached hydrogens (primary N) is 1. The third-order valence-electron chi connectivity index (χ3n) is 3.78. The number of oxazole rings is 1. The molecule has 0 bridgehead atoms. The first-order valence-electron chi connectivity index (χ1n) is 7.14. The second-order valence-corrected chi connectivity index (χ2v) is 5.12. The van der Waals surface area contributed by atoms with E-state index in [9.17, 15) is 4.39 Å². The molecule has 3 rings (SSSR count). The Morgan fingerprint density at radius 1 is 1.24 bits per heavy atom. The zero-order valence-corrected chi connectivity index (χ0v) is 11.8. The molecule has 1 fully saturated rings. The maximum absolute atomic E-state index is 14.1. The van der Waals surface area contributed by atoms with Crippen molar-refractivity contribution in [1.29, 1.82) is 0 Å². The molecular weight excluding hydrogens is 271 g/mol. The van der Waals surface area contributed by atoms with E-state index in [2.05, 4.69) is 14.8 Å². The Hall–Kier alpha value is -1.92. The number of benzene rings is 1. The average Bonchev–Trinajstić information content (AvgIpc) is 3.03. The van der Waals surface area contributed by atoms with Gasteiger partial charge in [-0.15, -0.1) is 0 Å². The van der Waals surface area contributed by atoms with Gasteiger partial charge in [0.05, 0.1) is 11.9 Å². The summed E-state index contributed by atoms with van der Waals surface area (Å²) < 4.78 is 19.4. The molecule has 0 atom stereocenters. The molecule has 0 radical (unpaired) electrons. The third kappa shape index (κ3) is 3.06. The number of hydrogen-bond donors (Lipinski definition) is 1. The van der Waals surface area contributed by atoms with E-state index in [0.717, 1.165) is 38.3 Å². The molecule has 0 unspecified atom stereocenters. The molecule has 21 heavy (non-hydrogen) atoms. The smallest absolute Gasteiger partial charge is 0.225 e. The van der Waals surface area contributed by atoms with E-state index < -0.39 is 0 Å². The molecule has 1 saturated heterocycles. The van der Waals surface area contributed by atoms with Crippen LogP contribution in [0.1, 0.15) is 0 Å². The van der Waals surface area contributed by atoms with Crippen LogP contribution in [0.3, 0.4) is 0 Å². The van der Waals surface area contributed by atoms with Crippen molar-refractivity contribution in [2.75, 3.05) is 44.2 Å². The maximum Gasteiger partial charge on any atom is 0.225 e. The summed E-state index contributed by atoms with van der Waals surface area (Å²) in [7, 11) is 0. The Bertz CT molecular complexity index is 579. The van der Waals surface area contributed by atoms with Crippen LogP contribution in [0.4, 0.5) is 10.1 Å². The number of rotatable bonds is 4. The molecule has 0 spiro atoms. The summed E-state index contributed by atoms with van der Waals surface area (Å²) in [5.74, 6) is 0.301. The molecule has 0 saturated carbocycles. The highest BCUT2D eigenvalue weighted by atomic mass is 19.1. The molecule has 112 valence electrons. The lowest BCUT2D eigenvalue weighted by Gasteiger charge is -2.36. The quantitative estimate of drug-likeness (QED) is 0.926. The zero-order valence-electron chi connectivity index (χ0n) is 11.8. The highest BCUT2D eigenvalue weighted by Crippen LogP contribution is 2.27. The number of piperazine rings is 1. The summed E-state index contributed by atoms with van der Waals surface area (Å²) >= 11 is 0. The van der Waals surface area contributed by atoms with Gasteiger partial charge in [0.15, 0.2) is 0 Å². The largest absolute Gasteiger partial charge is 0.445 e. The standard InChI is InChI=1S/C15H19FN4O/c16-13-2-1-12(15-18-4-10-21-15)11-14(13)20-8-6-19(5-3-17)7-9-20/h1-2,4,10-11H,3,5-9,17H2. The SMILES string of the molecule is NCCN1CCN(c2cc(-c3ncco3)ccc2F)CC1. The lowest BCUT2D eigenvalue weighted by Crippen LogP contribution is -2.48. The molecule has 6 heteroatoms. The van der Waals surface area contributed by atoms with Crippen molar-refractivity contribution in [3.05, 3.63) is 36.5 Å². The van der Waals surface area contributed by atoms with Gasteiger partial charge in [-0.3, -0.25) is 4.90 Å². The van der Waals surface area contributed by atoms with Crippen LogP contribution in [0.2, 0.25) is 0 Å². The Balaban J connectivity index is 1.78. The monoisotopic (exact) mass is 290 g/mol. The van der Waals surface area contributed by atoms with E-state index in [4.69, 9.17) is 10.2 Å². The Morgan fingerprint density at radius 3 is 2.71 bits per heavy atom. The summed E-state index contributed by atoms with van der Waals surface area (Å²) in [5.41, 5.74) is 6.97. The molecule has 1 aromatic heterocycles. The van der Waals surface area contributed by atoms with Gasteiger partial charge in [-0.25, -0.2) is 9.37 Å². The van der Waals surface area contributed by atoms with Crippen molar-refractivity contribution in [2.45, 2.75) is 0 Å². The van der Waals surface area contributed by atoms with Gasteiger partial charge in [-0.05, 0) is 18.2 Å². The number of hydrogen-bond acceptors (Lipinski definition) is 5. The van der Waals surface area contributed by atoms with Crippen molar-refractivity contribution in [3.63, 3.8) is 0 Å². The molecule has 1 aliphatic heterocycles. The van der Waals surface area contributed by atoms with Gasteiger partial charge in [0, 0.05) is 44.8 Å². The van der Waals surface area contributed by atoms with E-state index in [1.54, 1.807) is 18.3 Å². The zero-order chi connectivity index (χ0) is 14.7. The van der Waals surface area contributed by atoms with Gasteiger partial charge in [0.25, 0.3) is 0 Å². The fraction of sp³-hybridized carbons (Fsp3) is 0.400. The summed E-state index contributed by atoms with van der Waals surface area (Å²) in [6.07, 6.45) is 3.11. The fourth-order valence-corrected chi connectivity index (χ4v) is 2.65. The lowest BCUT2D eigenvalue weighted by atomic mass is 10.1. The van der Waals surface area contributed by atoms with E-state index in [1.165, 1.54) is 12.3 Å². The van der Waals surface area contributed by atoms with Crippen molar-refractivity contribution in [2.24, 2.45) is 5.73 Å². The Morgan fingerprint density at radius 2 is 2.05 bits per heavy atom. The Labute approximate surface area is 123 Å². The summed E-state index contributed by atoms with van der Waals surface area (Å²) in [6.45, 7) is 4.96. The van der Waals surface area contributed by atoms with E-state index in [-0.39, 0.29) is 5.82 Å². The minimum Gasteiger partial charge on any atom is -0.445 e. The first kappa shape index (κ1) is 14.0. The van der Waals surface area contributed by atoms with E-state index in [0.29, 0.717) is 18.1 Å². The van der Waals surface area contributed by atoms with Gasteiger partial charge in [0.2, 0.25) is 5.89 Å². The predicted octanol–water partition coefficient (Wildman–Crippen LogP) is 1.56. The maximum atomic E-state index is 14.1. The van der Waals surface area contributed by atoms with E-state index in [1.807, 2.05) is 0 Å². The molecule has 2 aromatic rings. The molecular formula is C15H19FN4O. The van der Waals surface area contributed by atoms with Gasteiger partial charge in [-0.2, -0.15) is 0 Å². The first-order valence-corrected chi connectivity index (χ1v) is 7.14. The minimum absolute atomic E-state index is 0.211. The summed E-state index contributed by atoms with van der Waals surface area (Å²) in [5, 5.41) is 0. The molecule has 1 aliphatic rings. The summed E-state index contributed by atoms with van der Waals surface area (Å²) in [6, 6.07) is 4.97. The van der Waals surface area contributed by atoms with Crippen molar-refractivity contribution < 1.29 is 8.81 Å². The molecule has 1 aromatic carbocycles. The molecule has 0 aliphatic carbocycles. The van der Waals surface area contributed by atoms with Crippen LogP contribution in [-0.4, -0.2) is 49.2 Å². The third-order valence-corrected chi connectivity index (χ3v) is 3.78. The van der Waals surface area contributed by atoms with Crippen molar-refractivity contribution in [3.8, 4) is 11.5 Å². The Kier molecular flexibility index (Phi) is 4.17. The number of nitrogens with zero attached hydrogens (tertiary/aromatic N) is 3. The van der Waals surface area contributed by atoms with Gasteiger partial charge in [0.1, 0.15) is 12.1 Å². The average molecular weight is 290 g/mol. The summed E-state index contributed by atoms with van der Waals surface area (Å²) in [4.78, 5) is 8.47. The first-order chi connectivity index (χ1) is 10.3. The second-order valence-electron chi connectivity index (χ2n) is 5.12. The number of aromatic nitrogens is 1. The van der Waals surface area contributed by atoms with E-state index >= 15 is 0 Å². The normalized spacial score (nSPS) is 16.4. The van der Waals surface area contributed by atoms with Crippen LogP contribution < -0.4 is 10.6 Å². The van der Waals surface area contributed by atoms with Crippen molar-refractivity contribution in [1.82, 2.24) is 9.88 Å². The van der Waals surface area contributed by atoms with Crippen LogP contribution in [0.5, 0.6) is 0 Å². The molecule has 0 amide bonds. The number of halogens is 1. The second kappa shape index (κ2) is 6.24. The van der Waals surface area contributed by atoms with Crippen LogP contribution in [0.25, 0.3) is 11.5 Å². The number of anilines is 1. The van der Waals surface area contributed by atoms with Gasteiger partial charge >= 0.3 is 0 Å². The van der Waals surface area contributed by atoms with Crippen LogP contribution in [0.15, 0.2) is 35.1 Å². The van der Waals surface area contributed by atoms with Gasteiger partial charge in [-0.1, -0.05) is 0 Å². The molecule has 2 heterocycles. The predicted molar refractivity (Wildman–Crippen MR) is 79.6 cm³/mol. The molecule has 2 N–H and O–H groups in total. The van der Waals surface area contributed by atoms with Crippen LogP contribution in [0, 0.1) is 5.82 Å². The van der Waals surface area contributed by atoms with Gasteiger partial charge < -0.3 is 15.1 Å². The van der Waals surface area contributed by atoms with Crippen molar-refractivity contribution >= 4 is 5.69 Å². The fourth-order valence-electron chi connectivity index (χ4n) is 2.65. The topological polar surface area (TPSA) is 58.5 Å². The molecule has 5 nitrogen and oxygen atoms in total. The lowest BCUT2D eigenvalue weighted by molar-refractivity contribution is 0.264.